The number of rotatable bonds is 3. The van der Waals surface area contributed by atoms with Gasteiger partial charge >= 0.3 is 0 Å². The summed E-state index contributed by atoms with van der Waals surface area (Å²) in [7, 11) is 1.84. The fourth-order valence-corrected chi connectivity index (χ4v) is 3.34. The van der Waals surface area contributed by atoms with Gasteiger partial charge in [-0.05, 0) is 18.9 Å². The van der Waals surface area contributed by atoms with Crippen molar-refractivity contribution in [2.45, 2.75) is 32.1 Å². The number of H-pyrrole nitrogens is 1. The van der Waals surface area contributed by atoms with E-state index in [4.69, 9.17) is 11.6 Å². The van der Waals surface area contributed by atoms with Crippen molar-refractivity contribution in [3.8, 4) is 0 Å². The second-order valence-electron chi connectivity index (χ2n) is 5.28. The minimum atomic E-state index is 0.481. The van der Waals surface area contributed by atoms with E-state index in [0.29, 0.717) is 10.9 Å². The molecule has 0 saturated heterocycles. The minimum Gasteiger partial charge on any atom is -0.346 e. The van der Waals surface area contributed by atoms with Crippen LogP contribution in [0.3, 0.4) is 0 Å². The lowest BCUT2D eigenvalue weighted by atomic mass is 9.83. The van der Waals surface area contributed by atoms with E-state index in [2.05, 4.69) is 20.5 Å². The van der Waals surface area contributed by atoms with Gasteiger partial charge < -0.3 is 10.4 Å². The number of aromatic amines is 1. The third-order valence-electron chi connectivity index (χ3n) is 4.02. The summed E-state index contributed by atoms with van der Waals surface area (Å²) >= 11 is 6.42. The number of hydrogen-bond acceptors (Lipinski definition) is 3. The molecule has 2 heterocycles. The molecule has 20 heavy (non-hydrogen) atoms. The van der Waals surface area contributed by atoms with Gasteiger partial charge in [0.2, 0.25) is 0 Å². The molecular formula is C15H19ClN4. The third-order valence-corrected chi connectivity index (χ3v) is 4.31. The van der Waals surface area contributed by atoms with Crippen LogP contribution in [0.15, 0.2) is 23.6 Å². The Morgan fingerprint density at radius 3 is 2.95 bits per heavy atom. The molecule has 1 fully saturated rings. The van der Waals surface area contributed by atoms with Crippen LogP contribution < -0.4 is 5.43 Å². The van der Waals surface area contributed by atoms with E-state index in [1.54, 1.807) is 6.20 Å². The van der Waals surface area contributed by atoms with Crippen molar-refractivity contribution >= 4 is 28.3 Å². The van der Waals surface area contributed by atoms with Gasteiger partial charge in [0.1, 0.15) is 5.65 Å². The van der Waals surface area contributed by atoms with Crippen molar-refractivity contribution in [2.24, 2.45) is 11.0 Å². The number of pyridine rings is 1. The molecule has 2 N–H and O–H groups in total. The summed E-state index contributed by atoms with van der Waals surface area (Å²) in [6, 6.07) is 2.03. The maximum absolute atomic E-state index is 6.42. The minimum absolute atomic E-state index is 0.481. The van der Waals surface area contributed by atoms with Gasteiger partial charge in [0.15, 0.2) is 0 Å². The van der Waals surface area contributed by atoms with Crippen LogP contribution in [0, 0.1) is 5.92 Å². The average molecular weight is 291 g/mol. The molecule has 0 aliphatic heterocycles. The SMILES string of the molecule is CN/N=C(/c1c(Cl)cnc2[nH]ccc12)C1CCCCC1. The second-order valence-corrected chi connectivity index (χ2v) is 5.68. The summed E-state index contributed by atoms with van der Waals surface area (Å²) in [5.74, 6) is 0.481. The van der Waals surface area contributed by atoms with Gasteiger partial charge in [-0.2, -0.15) is 5.10 Å². The van der Waals surface area contributed by atoms with Gasteiger partial charge in [0.25, 0.3) is 0 Å². The molecule has 0 unspecified atom stereocenters. The van der Waals surface area contributed by atoms with Crippen LogP contribution >= 0.6 is 11.6 Å². The largest absolute Gasteiger partial charge is 0.346 e. The lowest BCUT2D eigenvalue weighted by molar-refractivity contribution is 0.438. The highest BCUT2D eigenvalue weighted by atomic mass is 35.5. The van der Waals surface area contributed by atoms with Crippen LogP contribution in [0.4, 0.5) is 0 Å². The summed E-state index contributed by atoms with van der Waals surface area (Å²) in [5.41, 5.74) is 5.91. The molecule has 5 heteroatoms. The number of fused-ring (bicyclic) bond motifs is 1. The predicted octanol–water partition coefficient (Wildman–Crippen LogP) is 3.72. The molecule has 0 radical (unpaired) electrons. The summed E-state index contributed by atoms with van der Waals surface area (Å²) in [4.78, 5) is 7.47. The molecule has 1 aliphatic carbocycles. The Bertz CT molecular complexity index is 626. The van der Waals surface area contributed by atoms with Crippen molar-refractivity contribution in [1.29, 1.82) is 0 Å². The number of nitrogens with zero attached hydrogens (tertiary/aromatic N) is 2. The van der Waals surface area contributed by atoms with E-state index in [1.165, 1.54) is 32.1 Å². The monoisotopic (exact) mass is 290 g/mol. The Labute approximate surface area is 123 Å². The molecule has 0 aromatic carbocycles. The second kappa shape index (κ2) is 5.83. The molecule has 0 atom stereocenters. The first-order valence-electron chi connectivity index (χ1n) is 7.17. The Kier molecular flexibility index (Phi) is 3.92. The molecule has 1 saturated carbocycles. The molecule has 3 rings (SSSR count). The number of halogens is 1. The maximum Gasteiger partial charge on any atom is 0.137 e. The fourth-order valence-electron chi connectivity index (χ4n) is 3.09. The highest BCUT2D eigenvalue weighted by molar-refractivity contribution is 6.36. The van der Waals surface area contributed by atoms with Crippen LogP contribution in [-0.2, 0) is 0 Å². The molecular weight excluding hydrogens is 272 g/mol. The standard InChI is InChI=1S/C15H19ClN4/c1-17-20-14(10-5-3-2-4-6-10)13-11-7-8-18-15(11)19-9-12(13)16/h7-10,17H,2-6H2,1H3,(H,18,19)/b20-14+. The molecule has 4 nitrogen and oxygen atoms in total. The van der Waals surface area contributed by atoms with Crippen LogP contribution in [0.1, 0.15) is 37.7 Å². The molecule has 0 amide bonds. The number of aromatic nitrogens is 2. The summed E-state index contributed by atoms with van der Waals surface area (Å²) < 4.78 is 0. The molecule has 2 aromatic rings. The highest BCUT2D eigenvalue weighted by Crippen LogP contribution is 2.32. The van der Waals surface area contributed by atoms with Crippen LogP contribution in [0.25, 0.3) is 11.0 Å². The maximum atomic E-state index is 6.42. The number of hydrazone groups is 1. The van der Waals surface area contributed by atoms with Crippen molar-refractivity contribution in [3.63, 3.8) is 0 Å². The smallest absolute Gasteiger partial charge is 0.137 e. The zero-order valence-corrected chi connectivity index (χ0v) is 12.4. The highest BCUT2D eigenvalue weighted by Gasteiger charge is 2.24. The van der Waals surface area contributed by atoms with Gasteiger partial charge in [-0.15, -0.1) is 0 Å². The first-order chi connectivity index (χ1) is 9.81. The van der Waals surface area contributed by atoms with Crippen LogP contribution in [-0.4, -0.2) is 22.7 Å². The Hall–Kier alpha value is -1.55. The molecule has 1 aliphatic rings. The van der Waals surface area contributed by atoms with Gasteiger partial charge in [-0.1, -0.05) is 30.9 Å². The zero-order valence-electron chi connectivity index (χ0n) is 11.6. The van der Waals surface area contributed by atoms with E-state index < -0.39 is 0 Å². The third kappa shape index (κ3) is 2.40. The summed E-state index contributed by atoms with van der Waals surface area (Å²) in [6.45, 7) is 0. The predicted molar refractivity (Wildman–Crippen MR) is 83.3 cm³/mol. The molecule has 0 bridgehead atoms. The Morgan fingerprint density at radius 1 is 1.40 bits per heavy atom. The number of nitrogens with one attached hydrogen (secondary N) is 2. The molecule has 0 spiro atoms. The quantitative estimate of drug-likeness (QED) is 0.668. The van der Waals surface area contributed by atoms with E-state index in [1.807, 2.05) is 19.3 Å². The van der Waals surface area contributed by atoms with E-state index in [-0.39, 0.29) is 0 Å². The average Bonchev–Trinajstić information content (AvgIpc) is 2.95. The number of hydrogen-bond donors (Lipinski definition) is 2. The molecule has 106 valence electrons. The van der Waals surface area contributed by atoms with E-state index in [9.17, 15) is 0 Å². The Balaban J connectivity index is 2.11. The first kappa shape index (κ1) is 13.4. The van der Waals surface area contributed by atoms with Gasteiger partial charge in [-0.3, -0.25) is 0 Å². The Morgan fingerprint density at radius 2 is 2.20 bits per heavy atom. The van der Waals surface area contributed by atoms with E-state index in [0.717, 1.165) is 22.3 Å². The van der Waals surface area contributed by atoms with Gasteiger partial charge in [0.05, 0.1) is 10.7 Å². The lowest BCUT2D eigenvalue weighted by Gasteiger charge is -2.24. The summed E-state index contributed by atoms with van der Waals surface area (Å²) in [5, 5.41) is 6.28. The normalized spacial score (nSPS) is 17.6. The fraction of sp³-hybridized carbons (Fsp3) is 0.467. The van der Waals surface area contributed by atoms with Gasteiger partial charge in [-0.25, -0.2) is 4.98 Å². The van der Waals surface area contributed by atoms with Crippen LogP contribution in [0.5, 0.6) is 0 Å². The molecule has 2 aromatic heterocycles. The van der Waals surface area contributed by atoms with Crippen LogP contribution in [0.2, 0.25) is 5.02 Å². The van der Waals surface area contributed by atoms with Crippen molar-refractivity contribution in [1.82, 2.24) is 15.4 Å². The lowest BCUT2D eigenvalue weighted by Crippen LogP contribution is -2.22. The van der Waals surface area contributed by atoms with Crippen molar-refractivity contribution < 1.29 is 0 Å². The van der Waals surface area contributed by atoms with Crippen molar-refractivity contribution in [2.75, 3.05) is 7.05 Å². The zero-order chi connectivity index (χ0) is 13.9. The first-order valence-corrected chi connectivity index (χ1v) is 7.55. The summed E-state index contributed by atoms with van der Waals surface area (Å²) in [6.07, 6.45) is 9.85. The topological polar surface area (TPSA) is 53.1 Å². The van der Waals surface area contributed by atoms with E-state index >= 15 is 0 Å². The van der Waals surface area contributed by atoms with Gasteiger partial charge in [0, 0.05) is 36.3 Å². The van der Waals surface area contributed by atoms with Crippen molar-refractivity contribution in [3.05, 3.63) is 29.0 Å².